The fourth-order valence-corrected chi connectivity index (χ4v) is 5.06. The molecule has 0 saturated carbocycles. The zero-order valence-electron chi connectivity index (χ0n) is 13.4. The second-order valence-corrected chi connectivity index (χ2v) is 8.37. The maximum Gasteiger partial charge on any atom is 0.244 e. The van der Waals surface area contributed by atoms with Crippen LogP contribution in [0.5, 0.6) is 0 Å². The number of hydrogen-bond donors (Lipinski definition) is 0. The van der Waals surface area contributed by atoms with Crippen molar-refractivity contribution in [2.75, 3.05) is 31.1 Å². The highest BCUT2D eigenvalue weighted by Crippen LogP contribution is 2.35. The van der Waals surface area contributed by atoms with E-state index >= 15 is 0 Å². The highest BCUT2D eigenvalue weighted by molar-refractivity contribution is 7.89. The molecule has 2 saturated heterocycles. The van der Waals surface area contributed by atoms with Gasteiger partial charge in [0.2, 0.25) is 16.0 Å². The number of nitrogens with zero attached hydrogens (tertiary/aromatic N) is 5. The zero-order valence-corrected chi connectivity index (χ0v) is 14.2. The summed E-state index contributed by atoms with van der Waals surface area (Å²) in [5, 5.41) is 0. The molecule has 0 spiro atoms. The molecule has 2 unspecified atom stereocenters. The first-order valence-electron chi connectivity index (χ1n) is 7.99. The van der Waals surface area contributed by atoms with E-state index in [1.54, 1.807) is 28.8 Å². The minimum absolute atomic E-state index is 0.267. The number of aryl methyl sites for hydroxylation is 1. The molecule has 2 fully saturated rings. The minimum Gasteiger partial charge on any atom is -0.340 e. The van der Waals surface area contributed by atoms with E-state index in [2.05, 4.69) is 19.9 Å². The summed E-state index contributed by atoms with van der Waals surface area (Å²) in [7, 11) is -3.45. The first-order chi connectivity index (χ1) is 11.5. The summed E-state index contributed by atoms with van der Waals surface area (Å²) in [5.74, 6) is 1.38. The van der Waals surface area contributed by atoms with Gasteiger partial charge in [0.05, 0.1) is 0 Å². The number of rotatable bonds is 3. The highest BCUT2D eigenvalue weighted by atomic mass is 32.2. The number of aromatic nitrogens is 3. The summed E-state index contributed by atoms with van der Waals surface area (Å²) in [6.07, 6.45) is 4.76. The Kier molecular flexibility index (Phi) is 3.73. The lowest BCUT2D eigenvalue weighted by Crippen LogP contribution is -2.33. The molecular formula is C16H19N5O2S. The Labute approximate surface area is 141 Å². The lowest BCUT2D eigenvalue weighted by molar-refractivity contribution is 0.452. The predicted molar refractivity (Wildman–Crippen MR) is 89.0 cm³/mol. The van der Waals surface area contributed by atoms with Crippen LogP contribution < -0.4 is 4.90 Å². The van der Waals surface area contributed by atoms with E-state index in [-0.39, 0.29) is 4.90 Å². The maximum absolute atomic E-state index is 12.7. The number of pyridine rings is 1. The molecule has 126 valence electrons. The molecule has 0 amide bonds. The van der Waals surface area contributed by atoms with Crippen LogP contribution in [0.1, 0.15) is 5.69 Å². The van der Waals surface area contributed by atoms with Crippen LogP contribution in [-0.2, 0) is 10.0 Å². The van der Waals surface area contributed by atoms with Gasteiger partial charge in [-0.3, -0.25) is 4.98 Å². The molecule has 0 aliphatic carbocycles. The van der Waals surface area contributed by atoms with Gasteiger partial charge in [-0.2, -0.15) is 4.31 Å². The molecule has 2 aromatic heterocycles. The van der Waals surface area contributed by atoms with Crippen LogP contribution in [0.3, 0.4) is 0 Å². The summed E-state index contributed by atoms with van der Waals surface area (Å²) in [6, 6.07) is 5.13. The van der Waals surface area contributed by atoms with Crippen molar-refractivity contribution in [3.8, 4) is 0 Å². The molecule has 0 aromatic carbocycles. The fraction of sp³-hybridized carbons (Fsp3) is 0.438. The van der Waals surface area contributed by atoms with Crippen molar-refractivity contribution in [2.24, 2.45) is 11.8 Å². The van der Waals surface area contributed by atoms with Crippen molar-refractivity contribution in [1.29, 1.82) is 0 Å². The Balaban J connectivity index is 1.48. The Morgan fingerprint density at radius 1 is 1.08 bits per heavy atom. The maximum atomic E-state index is 12.7. The van der Waals surface area contributed by atoms with Crippen molar-refractivity contribution in [3.63, 3.8) is 0 Å². The second kappa shape index (κ2) is 5.78. The normalized spacial score (nSPS) is 24.3. The first kappa shape index (κ1) is 15.5. The van der Waals surface area contributed by atoms with Crippen LogP contribution in [0.4, 0.5) is 5.95 Å². The Bertz CT molecular complexity index is 829. The van der Waals surface area contributed by atoms with Gasteiger partial charge in [0.1, 0.15) is 4.90 Å². The first-order valence-corrected chi connectivity index (χ1v) is 9.43. The van der Waals surface area contributed by atoms with E-state index in [9.17, 15) is 8.42 Å². The molecular weight excluding hydrogens is 326 g/mol. The fourth-order valence-electron chi connectivity index (χ4n) is 3.55. The summed E-state index contributed by atoms with van der Waals surface area (Å²) in [5.41, 5.74) is 0.942. The van der Waals surface area contributed by atoms with Crippen molar-refractivity contribution >= 4 is 16.0 Å². The minimum atomic E-state index is -3.45. The van der Waals surface area contributed by atoms with Gasteiger partial charge in [0, 0.05) is 50.5 Å². The number of hydrogen-bond acceptors (Lipinski definition) is 6. The molecule has 24 heavy (non-hydrogen) atoms. The molecule has 4 rings (SSSR count). The molecule has 0 bridgehead atoms. The van der Waals surface area contributed by atoms with Crippen LogP contribution in [-0.4, -0.2) is 53.9 Å². The van der Waals surface area contributed by atoms with Gasteiger partial charge >= 0.3 is 0 Å². The molecule has 8 heteroatoms. The van der Waals surface area contributed by atoms with Crippen molar-refractivity contribution in [3.05, 3.63) is 42.5 Å². The van der Waals surface area contributed by atoms with Gasteiger partial charge in [-0.1, -0.05) is 0 Å². The monoisotopic (exact) mass is 345 g/mol. The van der Waals surface area contributed by atoms with Gasteiger partial charge in [0.15, 0.2) is 0 Å². The molecule has 2 aliphatic rings. The molecule has 4 heterocycles. The number of anilines is 1. The van der Waals surface area contributed by atoms with Crippen LogP contribution in [0.2, 0.25) is 0 Å². The number of fused-ring (bicyclic) bond motifs is 1. The van der Waals surface area contributed by atoms with Crippen LogP contribution in [0.15, 0.2) is 41.7 Å². The third-order valence-electron chi connectivity index (χ3n) is 4.79. The van der Waals surface area contributed by atoms with Crippen molar-refractivity contribution in [2.45, 2.75) is 11.8 Å². The standard InChI is InChI=1S/C16H19N5O2S/c1-12-4-6-18-16(19-12)20-8-13-10-21(11-14(13)9-20)24(22,23)15-3-2-5-17-7-15/h2-7,13-14H,8-11H2,1H3. The summed E-state index contributed by atoms with van der Waals surface area (Å²) >= 11 is 0. The lowest BCUT2D eigenvalue weighted by Gasteiger charge is -2.21. The predicted octanol–water partition coefficient (Wildman–Crippen LogP) is 0.937. The van der Waals surface area contributed by atoms with Crippen LogP contribution in [0, 0.1) is 18.8 Å². The van der Waals surface area contributed by atoms with E-state index in [0.29, 0.717) is 24.9 Å². The smallest absolute Gasteiger partial charge is 0.244 e. The zero-order chi connectivity index (χ0) is 16.7. The Morgan fingerprint density at radius 3 is 2.46 bits per heavy atom. The second-order valence-electron chi connectivity index (χ2n) is 6.43. The van der Waals surface area contributed by atoms with Gasteiger partial charge < -0.3 is 4.90 Å². The van der Waals surface area contributed by atoms with Crippen LogP contribution >= 0.6 is 0 Å². The molecule has 0 N–H and O–H groups in total. The third kappa shape index (κ3) is 2.65. The molecule has 2 aromatic rings. The van der Waals surface area contributed by atoms with Gasteiger partial charge in [-0.15, -0.1) is 0 Å². The van der Waals surface area contributed by atoms with E-state index in [1.807, 2.05) is 13.0 Å². The average molecular weight is 345 g/mol. The summed E-state index contributed by atoms with van der Waals surface area (Å²) in [6.45, 7) is 4.64. The SMILES string of the molecule is Cc1ccnc(N2CC3CN(S(=O)(=O)c4cccnc4)CC3C2)n1. The quantitative estimate of drug-likeness (QED) is 0.824. The van der Waals surface area contributed by atoms with E-state index < -0.39 is 10.0 Å². The Hall–Kier alpha value is -2.06. The van der Waals surface area contributed by atoms with Gasteiger partial charge in [-0.25, -0.2) is 18.4 Å². The average Bonchev–Trinajstić information content (AvgIpc) is 3.15. The molecule has 2 atom stereocenters. The van der Waals surface area contributed by atoms with Crippen molar-refractivity contribution < 1.29 is 8.42 Å². The molecule has 7 nitrogen and oxygen atoms in total. The molecule has 0 radical (unpaired) electrons. The van der Waals surface area contributed by atoms with E-state index in [4.69, 9.17) is 0 Å². The third-order valence-corrected chi connectivity index (χ3v) is 6.61. The summed E-state index contributed by atoms with van der Waals surface area (Å²) in [4.78, 5) is 15.2. The van der Waals surface area contributed by atoms with E-state index in [1.165, 1.54) is 6.20 Å². The van der Waals surface area contributed by atoms with Gasteiger partial charge in [-0.05, 0) is 37.0 Å². The molecule has 2 aliphatic heterocycles. The lowest BCUT2D eigenvalue weighted by atomic mass is 10.0. The summed E-state index contributed by atoms with van der Waals surface area (Å²) < 4.78 is 27.0. The van der Waals surface area contributed by atoms with E-state index in [0.717, 1.165) is 24.7 Å². The van der Waals surface area contributed by atoms with Crippen molar-refractivity contribution in [1.82, 2.24) is 19.3 Å². The van der Waals surface area contributed by atoms with Crippen LogP contribution in [0.25, 0.3) is 0 Å². The highest BCUT2D eigenvalue weighted by Gasteiger charge is 2.44. The van der Waals surface area contributed by atoms with Gasteiger partial charge in [0.25, 0.3) is 0 Å². The largest absolute Gasteiger partial charge is 0.340 e. The Morgan fingerprint density at radius 2 is 1.83 bits per heavy atom. The number of sulfonamides is 1. The topological polar surface area (TPSA) is 79.3 Å².